The Balaban J connectivity index is 1.24. The Labute approximate surface area is 225 Å². The van der Waals surface area contributed by atoms with Crippen molar-refractivity contribution in [1.82, 2.24) is 15.2 Å². The van der Waals surface area contributed by atoms with Crippen LogP contribution in [0.4, 0.5) is 29.3 Å². The lowest BCUT2D eigenvalue weighted by Gasteiger charge is -2.31. The van der Waals surface area contributed by atoms with Crippen LogP contribution in [0.3, 0.4) is 0 Å². The van der Waals surface area contributed by atoms with Gasteiger partial charge in [0.2, 0.25) is 0 Å². The quantitative estimate of drug-likeness (QED) is 0.318. The van der Waals surface area contributed by atoms with Crippen molar-refractivity contribution >= 4 is 17.4 Å². The minimum Gasteiger partial charge on any atom is -0.489 e. The number of hydrogen-bond acceptors (Lipinski definition) is 6. The summed E-state index contributed by atoms with van der Waals surface area (Å²) < 4.78 is 46.0. The predicted octanol–water partition coefficient (Wildman–Crippen LogP) is 5.79. The van der Waals surface area contributed by atoms with Gasteiger partial charge in [-0.3, -0.25) is 15.1 Å². The van der Waals surface area contributed by atoms with Gasteiger partial charge in [-0.05, 0) is 81.0 Å². The van der Waals surface area contributed by atoms with Crippen molar-refractivity contribution in [2.75, 3.05) is 25.5 Å². The number of alkyl halides is 3. The number of piperidine rings is 1. The Bertz CT molecular complexity index is 1150. The first-order valence-corrected chi connectivity index (χ1v) is 13.3. The Morgan fingerprint density at radius 1 is 1.13 bits per heavy atom. The number of urea groups is 1. The van der Waals surface area contributed by atoms with Crippen molar-refractivity contribution < 1.29 is 27.6 Å². The molecule has 39 heavy (non-hydrogen) atoms. The fourth-order valence-electron chi connectivity index (χ4n) is 5.38. The molecular formula is C27H34F3N5O4. The van der Waals surface area contributed by atoms with Crippen molar-refractivity contribution in [2.45, 2.75) is 69.7 Å². The van der Waals surface area contributed by atoms with Gasteiger partial charge in [-0.2, -0.15) is 13.2 Å². The molecule has 0 unspecified atom stereocenters. The van der Waals surface area contributed by atoms with Crippen LogP contribution < -0.4 is 15.4 Å². The number of anilines is 1. The Hall–Kier alpha value is -3.57. The molecule has 2 N–H and O–H groups in total. The second-order valence-electron chi connectivity index (χ2n) is 10.3. The van der Waals surface area contributed by atoms with Gasteiger partial charge >= 0.3 is 12.2 Å². The van der Waals surface area contributed by atoms with Gasteiger partial charge in [0.25, 0.3) is 5.69 Å². The molecule has 212 valence electrons. The summed E-state index contributed by atoms with van der Waals surface area (Å²) in [5.41, 5.74) is -0.882. The van der Waals surface area contributed by atoms with E-state index in [0.717, 1.165) is 69.3 Å². The maximum atomic E-state index is 13.3. The van der Waals surface area contributed by atoms with Gasteiger partial charge in [0.1, 0.15) is 11.3 Å². The maximum absolute atomic E-state index is 13.3. The first-order chi connectivity index (χ1) is 18.6. The molecule has 0 bridgehead atoms. The van der Waals surface area contributed by atoms with Gasteiger partial charge in [-0.25, -0.2) is 4.79 Å². The molecule has 12 heteroatoms. The number of nitro benzene ring substituents is 1. The van der Waals surface area contributed by atoms with Gasteiger partial charge < -0.3 is 20.3 Å². The van der Waals surface area contributed by atoms with Crippen molar-refractivity contribution in [3.8, 4) is 5.75 Å². The van der Waals surface area contributed by atoms with Crippen LogP contribution in [0.25, 0.3) is 0 Å². The van der Waals surface area contributed by atoms with E-state index < -0.39 is 22.4 Å². The topological polar surface area (TPSA) is 110 Å². The van der Waals surface area contributed by atoms with Crippen LogP contribution in [0.5, 0.6) is 5.75 Å². The molecule has 2 amide bonds. The number of carbonyl (C=O) groups is 1. The van der Waals surface area contributed by atoms with E-state index in [-0.39, 0.29) is 23.9 Å². The zero-order chi connectivity index (χ0) is 28.0. The van der Waals surface area contributed by atoms with Crippen LogP contribution in [0.1, 0.15) is 56.1 Å². The summed E-state index contributed by atoms with van der Waals surface area (Å²) >= 11 is 0. The smallest absolute Gasteiger partial charge is 0.423 e. The molecule has 2 fully saturated rings. The fraction of sp³-hybridized carbons (Fsp3) is 0.556. The lowest BCUT2D eigenvalue weighted by molar-refractivity contribution is -0.388. The molecule has 1 saturated heterocycles. The first kappa shape index (κ1) is 28.4. The molecule has 2 heterocycles. The van der Waals surface area contributed by atoms with E-state index in [1.54, 1.807) is 13.2 Å². The molecule has 2 aromatic rings. The largest absolute Gasteiger partial charge is 0.489 e. The second kappa shape index (κ2) is 12.5. The summed E-state index contributed by atoms with van der Waals surface area (Å²) in [5, 5.41) is 16.8. The number of likely N-dealkylation sites (tertiary alicyclic amines) is 1. The van der Waals surface area contributed by atoms with E-state index in [2.05, 4.69) is 15.6 Å². The highest BCUT2D eigenvalue weighted by Crippen LogP contribution is 2.38. The van der Waals surface area contributed by atoms with Crippen LogP contribution in [-0.4, -0.2) is 53.1 Å². The summed E-state index contributed by atoms with van der Waals surface area (Å²) in [6, 6.07) is 4.97. The molecule has 1 aromatic heterocycles. The molecule has 1 aliphatic heterocycles. The van der Waals surface area contributed by atoms with Gasteiger partial charge in [0.15, 0.2) is 0 Å². The number of rotatable bonds is 8. The molecule has 1 aliphatic carbocycles. The average Bonchev–Trinajstić information content (AvgIpc) is 2.92. The predicted molar refractivity (Wildman–Crippen MR) is 140 cm³/mol. The number of ether oxygens (including phenoxy) is 1. The Morgan fingerprint density at radius 3 is 2.49 bits per heavy atom. The van der Waals surface area contributed by atoms with Crippen LogP contribution in [0, 0.1) is 16.0 Å². The SMILES string of the molecule is CNC(=O)N1CCC(CCc2cncc(OC3CCC(Nc4ccc([N+](=O)[O-])c(C(F)(F)F)c4)CC3)c2)CC1. The van der Waals surface area contributed by atoms with Gasteiger partial charge in [0, 0.05) is 44.1 Å². The van der Waals surface area contributed by atoms with Crippen LogP contribution in [-0.2, 0) is 12.6 Å². The van der Waals surface area contributed by atoms with Gasteiger partial charge in [-0.15, -0.1) is 0 Å². The van der Waals surface area contributed by atoms with Gasteiger partial charge in [0.05, 0.1) is 17.2 Å². The van der Waals surface area contributed by atoms with Crippen LogP contribution in [0.2, 0.25) is 0 Å². The molecule has 0 spiro atoms. The van der Waals surface area contributed by atoms with E-state index in [9.17, 15) is 28.1 Å². The van der Waals surface area contributed by atoms with E-state index in [1.165, 1.54) is 6.07 Å². The molecule has 0 radical (unpaired) electrons. The number of halogens is 3. The zero-order valence-corrected chi connectivity index (χ0v) is 21.9. The molecule has 9 nitrogen and oxygen atoms in total. The van der Waals surface area contributed by atoms with Crippen molar-refractivity contribution in [3.63, 3.8) is 0 Å². The first-order valence-electron chi connectivity index (χ1n) is 13.3. The number of benzene rings is 1. The number of aryl methyl sites for hydroxylation is 1. The molecule has 4 rings (SSSR count). The average molecular weight is 550 g/mol. The molecule has 0 atom stereocenters. The zero-order valence-electron chi connectivity index (χ0n) is 21.9. The highest BCUT2D eigenvalue weighted by Gasteiger charge is 2.38. The highest BCUT2D eigenvalue weighted by molar-refractivity contribution is 5.73. The standard InChI is InChI=1S/C27H34F3N5O4/c1-31-26(36)34-12-10-18(11-13-34)2-3-19-14-23(17-32-16-19)39-22-7-4-20(5-8-22)33-21-6-9-25(35(37)38)24(15-21)27(28,29)30/h6,9,14-18,20,22,33H,2-5,7-8,10-13H2,1H3,(H,31,36). The minimum atomic E-state index is -4.81. The monoisotopic (exact) mass is 549 g/mol. The Morgan fingerprint density at radius 2 is 1.85 bits per heavy atom. The summed E-state index contributed by atoms with van der Waals surface area (Å²) in [7, 11) is 1.65. The lowest BCUT2D eigenvalue weighted by atomic mass is 9.91. The van der Waals surface area contributed by atoms with Crippen molar-refractivity contribution in [1.29, 1.82) is 0 Å². The summed E-state index contributed by atoms with van der Waals surface area (Å²) in [5.74, 6) is 1.28. The third-order valence-electron chi connectivity index (χ3n) is 7.57. The minimum absolute atomic E-state index is 0.0169. The van der Waals surface area contributed by atoms with Crippen LogP contribution in [0.15, 0.2) is 36.7 Å². The number of nitrogens with one attached hydrogen (secondary N) is 2. The lowest BCUT2D eigenvalue weighted by Crippen LogP contribution is -2.43. The Kier molecular flexibility index (Phi) is 9.13. The van der Waals surface area contributed by atoms with E-state index in [1.807, 2.05) is 17.2 Å². The van der Waals surface area contributed by atoms with E-state index in [0.29, 0.717) is 24.5 Å². The normalized spacial score (nSPS) is 20.4. The van der Waals surface area contributed by atoms with E-state index in [4.69, 9.17) is 4.74 Å². The molecule has 1 saturated carbocycles. The summed E-state index contributed by atoms with van der Waals surface area (Å²) in [6.07, 6.45) is 5.49. The maximum Gasteiger partial charge on any atom is 0.423 e. The summed E-state index contributed by atoms with van der Waals surface area (Å²) in [6.45, 7) is 1.55. The number of nitrogens with zero attached hydrogens (tertiary/aromatic N) is 3. The van der Waals surface area contributed by atoms with Crippen molar-refractivity contribution in [3.05, 3.63) is 57.9 Å². The fourth-order valence-corrected chi connectivity index (χ4v) is 5.38. The number of aromatic nitrogens is 1. The molecule has 1 aromatic carbocycles. The number of carbonyl (C=O) groups excluding carboxylic acids is 1. The highest BCUT2D eigenvalue weighted by atomic mass is 19.4. The van der Waals surface area contributed by atoms with E-state index >= 15 is 0 Å². The molecule has 2 aliphatic rings. The summed E-state index contributed by atoms with van der Waals surface area (Å²) in [4.78, 5) is 27.9. The third-order valence-corrected chi connectivity index (χ3v) is 7.57. The number of nitro groups is 1. The molecular weight excluding hydrogens is 515 g/mol. The third kappa shape index (κ3) is 7.73. The van der Waals surface area contributed by atoms with Gasteiger partial charge in [-0.1, -0.05) is 0 Å². The van der Waals surface area contributed by atoms with Crippen LogP contribution >= 0.6 is 0 Å². The number of hydrogen-bond donors (Lipinski definition) is 2. The number of pyridine rings is 1. The van der Waals surface area contributed by atoms with Crippen molar-refractivity contribution in [2.24, 2.45) is 5.92 Å². The number of amides is 2. The second-order valence-corrected chi connectivity index (χ2v) is 10.3.